The fourth-order valence-electron chi connectivity index (χ4n) is 2.15. The Balaban J connectivity index is 1.95. The molecule has 5 nitrogen and oxygen atoms in total. The highest BCUT2D eigenvalue weighted by Crippen LogP contribution is 2.41. The van der Waals surface area contributed by atoms with E-state index in [1.807, 2.05) is 44.3 Å². The summed E-state index contributed by atoms with van der Waals surface area (Å²) in [6, 6.07) is 13.0. The monoisotopic (exact) mass is 361 g/mol. The Bertz CT molecular complexity index is 867. The van der Waals surface area contributed by atoms with Gasteiger partial charge in [-0.25, -0.2) is 4.68 Å². The third-order valence-electron chi connectivity index (χ3n) is 3.27. The number of hydrogen-bond donors (Lipinski definition) is 0. The van der Waals surface area contributed by atoms with Crippen molar-refractivity contribution in [2.75, 3.05) is 7.11 Å². The highest BCUT2D eigenvalue weighted by Gasteiger charge is 2.18. The van der Waals surface area contributed by atoms with Crippen LogP contribution in [0.5, 0.6) is 17.6 Å². The average Bonchev–Trinajstić information content (AvgIpc) is 2.84. The number of rotatable bonds is 5. The summed E-state index contributed by atoms with van der Waals surface area (Å²) in [5, 5.41) is 5.14. The first-order chi connectivity index (χ1) is 11.6. The average molecular weight is 362 g/mol. The van der Waals surface area contributed by atoms with E-state index < -0.39 is 0 Å². The summed E-state index contributed by atoms with van der Waals surface area (Å²) in [6.07, 6.45) is 0. The van der Waals surface area contributed by atoms with E-state index in [2.05, 4.69) is 10.1 Å². The second-order valence-electron chi connectivity index (χ2n) is 5.00. The van der Waals surface area contributed by atoms with Crippen molar-refractivity contribution in [3.05, 3.63) is 53.2 Å². The Morgan fingerprint density at radius 2 is 1.83 bits per heavy atom. The number of nitrogens with zero attached hydrogens (tertiary/aromatic N) is 3. The van der Waals surface area contributed by atoms with Crippen molar-refractivity contribution in [2.24, 2.45) is 7.05 Å². The number of hydrogen-bond acceptors (Lipinski definition) is 5. The number of methoxy groups -OCH3 is 1. The summed E-state index contributed by atoms with van der Waals surface area (Å²) in [4.78, 5) is 6.12. The zero-order valence-electron chi connectivity index (χ0n) is 13.5. The molecular formula is C17H16ClN3O2S. The fraction of sp³-hybridized carbons (Fsp3) is 0.176. The van der Waals surface area contributed by atoms with Gasteiger partial charge in [0.1, 0.15) is 0 Å². The molecule has 0 aliphatic heterocycles. The van der Waals surface area contributed by atoms with Crippen molar-refractivity contribution in [1.29, 1.82) is 0 Å². The molecule has 0 unspecified atom stereocenters. The zero-order valence-corrected chi connectivity index (χ0v) is 15.1. The Labute approximate surface area is 149 Å². The fourth-order valence-corrected chi connectivity index (χ4v) is 3.38. The Hall–Kier alpha value is -2.18. The SMILES string of the molecule is COc1cccc(Oc2c(Sc3ccccc3Cl)c(C)nn2C)n1. The van der Waals surface area contributed by atoms with Gasteiger partial charge in [0, 0.05) is 24.1 Å². The van der Waals surface area contributed by atoms with Crippen LogP contribution in [0.4, 0.5) is 0 Å². The summed E-state index contributed by atoms with van der Waals surface area (Å²) in [7, 11) is 3.40. The molecule has 0 saturated heterocycles. The molecule has 2 aromatic heterocycles. The lowest BCUT2D eigenvalue weighted by molar-refractivity contribution is 0.370. The lowest BCUT2D eigenvalue weighted by atomic mass is 10.4. The minimum absolute atomic E-state index is 0.443. The number of halogens is 1. The molecule has 0 N–H and O–H groups in total. The molecule has 0 amide bonds. The largest absolute Gasteiger partial charge is 0.481 e. The number of ether oxygens (including phenoxy) is 2. The van der Waals surface area contributed by atoms with Crippen molar-refractivity contribution < 1.29 is 9.47 Å². The second kappa shape index (κ2) is 7.15. The number of pyridine rings is 1. The van der Waals surface area contributed by atoms with Gasteiger partial charge in [-0.05, 0) is 19.1 Å². The molecule has 24 heavy (non-hydrogen) atoms. The topological polar surface area (TPSA) is 49.2 Å². The lowest BCUT2D eigenvalue weighted by Gasteiger charge is -2.09. The molecule has 0 atom stereocenters. The normalized spacial score (nSPS) is 10.7. The first-order valence-corrected chi connectivity index (χ1v) is 8.43. The Kier molecular flexibility index (Phi) is 4.97. The van der Waals surface area contributed by atoms with Crippen LogP contribution in [0.15, 0.2) is 52.3 Å². The number of aryl methyl sites for hydroxylation is 2. The summed E-state index contributed by atoms with van der Waals surface area (Å²) < 4.78 is 12.8. The van der Waals surface area contributed by atoms with Gasteiger partial charge in [0.15, 0.2) is 0 Å². The van der Waals surface area contributed by atoms with E-state index in [-0.39, 0.29) is 0 Å². The Morgan fingerprint density at radius 3 is 2.58 bits per heavy atom. The van der Waals surface area contributed by atoms with Crippen LogP contribution >= 0.6 is 23.4 Å². The third-order valence-corrected chi connectivity index (χ3v) is 4.97. The molecular weight excluding hydrogens is 346 g/mol. The molecule has 1 aromatic carbocycles. The quantitative estimate of drug-likeness (QED) is 0.657. The standard InChI is InChI=1S/C17H16ClN3O2S/c1-11-16(24-13-8-5-4-7-12(13)18)17(21(2)20-11)23-15-10-6-9-14(19-15)22-3/h4-10H,1-3H3. The van der Waals surface area contributed by atoms with Gasteiger partial charge in [0.2, 0.25) is 17.6 Å². The first-order valence-electron chi connectivity index (χ1n) is 7.23. The van der Waals surface area contributed by atoms with E-state index in [4.69, 9.17) is 21.1 Å². The molecule has 0 aliphatic carbocycles. The minimum Gasteiger partial charge on any atom is -0.481 e. The van der Waals surface area contributed by atoms with E-state index >= 15 is 0 Å². The van der Waals surface area contributed by atoms with Gasteiger partial charge in [0.05, 0.1) is 22.7 Å². The molecule has 7 heteroatoms. The molecule has 0 saturated carbocycles. The smallest absolute Gasteiger partial charge is 0.234 e. The number of aromatic nitrogens is 3. The van der Waals surface area contributed by atoms with Crippen molar-refractivity contribution in [2.45, 2.75) is 16.7 Å². The molecule has 0 bridgehead atoms. The summed E-state index contributed by atoms with van der Waals surface area (Å²) in [5.74, 6) is 1.54. The van der Waals surface area contributed by atoms with Crippen LogP contribution in [0.3, 0.4) is 0 Å². The van der Waals surface area contributed by atoms with Crippen molar-refractivity contribution in [1.82, 2.24) is 14.8 Å². The van der Waals surface area contributed by atoms with E-state index in [9.17, 15) is 0 Å². The predicted molar refractivity (Wildman–Crippen MR) is 94.4 cm³/mol. The van der Waals surface area contributed by atoms with Gasteiger partial charge < -0.3 is 9.47 Å². The van der Waals surface area contributed by atoms with Gasteiger partial charge in [-0.1, -0.05) is 41.6 Å². The predicted octanol–water partition coefficient (Wildman–Crippen LogP) is 4.73. The highest BCUT2D eigenvalue weighted by atomic mass is 35.5. The maximum Gasteiger partial charge on any atom is 0.234 e. The van der Waals surface area contributed by atoms with Crippen molar-refractivity contribution in [3.63, 3.8) is 0 Å². The zero-order chi connectivity index (χ0) is 17.1. The maximum atomic E-state index is 6.27. The minimum atomic E-state index is 0.443. The van der Waals surface area contributed by atoms with Crippen molar-refractivity contribution >= 4 is 23.4 Å². The molecule has 0 aliphatic rings. The molecule has 0 fully saturated rings. The molecule has 2 heterocycles. The van der Waals surface area contributed by atoms with Crippen LogP contribution < -0.4 is 9.47 Å². The van der Waals surface area contributed by atoms with Gasteiger partial charge in [-0.2, -0.15) is 10.1 Å². The lowest BCUT2D eigenvalue weighted by Crippen LogP contribution is -1.98. The van der Waals surface area contributed by atoms with Crippen LogP contribution in [0.2, 0.25) is 5.02 Å². The number of benzene rings is 1. The molecule has 0 spiro atoms. The van der Waals surface area contributed by atoms with E-state index in [1.165, 1.54) is 11.8 Å². The van der Waals surface area contributed by atoms with Crippen LogP contribution in [-0.4, -0.2) is 21.9 Å². The van der Waals surface area contributed by atoms with Crippen LogP contribution in [0.25, 0.3) is 0 Å². The molecule has 0 radical (unpaired) electrons. The van der Waals surface area contributed by atoms with Gasteiger partial charge in [0.25, 0.3) is 0 Å². The van der Waals surface area contributed by atoms with E-state index in [1.54, 1.807) is 23.9 Å². The van der Waals surface area contributed by atoms with Crippen LogP contribution in [0, 0.1) is 6.92 Å². The van der Waals surface area contributed by atoms with Crippen LogP contribution in [0.1, 0.15) is 5.69 Å². The molecule has 3 aromatic rings. The summed E-state index contributed by atoms with van der Waals surface area (Å²) in [5.41, 5.74) is 0.861. The van der Waals surface area contributed by atoms with Gasteiger partial charge in [-0.15, -0.1) is 0 Å². The molecule has 124 valence electrons. The maximum absolute atomic E-state index is 6.27. The highest BCUT2D eigenvalue weighted by molar-refractivity contribution is 7.99. The van der Waals surface area contributed by atoms with Crippen LogP contribution in [-0.2, 0) is 7.05 Å². The first kappa shape index (κ1) is 16.7. The molecule has 3 rings (SSSR count). The van der Waals surface area contributed by atoms with E-state index in [0.717, 1.165) is 15.5 Å². The van der Waals surface area contributed by atoms with E-state index in [0.29, 0.717) is 22.7 Å². The Morgan fingerprint density at radius 1 is 1.08 bits per heavy atom. The summed E-state index contributed by atoms with van der Waals surface area (Å²) >= 11 is 7.79. The second-order valence-corrected chi connectivity index (χ2v) is 6.46. The summed E-state index contributed by atoms with van der Waals surface area (Å²) in [6.45, 7) is 1.94. The van der Waals surface area contributed by atoms with Gasteiger partial charge in [-0.3, -0.25) is 0 Å². The van der Waals surface area contributed by atoms with Crippen molar-refractivity contribution in [3.8, 4) is 17.6 Å². The third kappa shape index (κ3) is 3.49. The van der Waals surface area contributed by atoms with Gasteiger partial charge >= 0.3 is 0 Å².